The van der Waals surface area contributed by atoms with Crippen molar-refractivity contribution in [3.05, 3.63) is 0 Å². The standard InChI is InChI=1S/C6H13NO/c1-5-4-6(8)2-3-7-5/h5-8H,2-4H2,1H3/t5-,6+/m1/s1. The van der Waals surface area contributed by atoms with Gasteiger partial charge in [-0.1, -0.05) is 0 Å². The van der Waals surface area contributed by atoms with Gasteiger partial charge in [-0.05, 0) is 26.3 Å². The zero-order chi connectivity index (χ0) is 5.98. The van der Waals surface area contributed by atoms with Gasteiger partial charge in [0.15, 0.2) is 0 Å². The molecule has 2 heteroatoms. The second-order valence-corrected chi connectivity index (χ2v) is 2.53. The molecule has 0 unspecified atom stereocenters. The number of aliphatic hydroxyl groups excluding tert-OH is 1. The third-order valence-electron chi connectivity index (χ3n) is 1.60. The molecule has 2 N–H and O–H groups in total. The maximum absolute atomic E-state index is 9.04. The maximum atomic E-state index is 9.04. The van der Waals surface area contributed by atoms with Crippen LogP contribution < -0.4 is 5.32 Å². The van der Waals surface area contributed by atoms with E-state index in [9.17, 15) is 0 Å². The minimum Gasteiger partial charge on any atom is -0.393 e. The van der Waals surface area contributed by atoms with Crippen molar-refractivity contribution in [2.45, 2.75) is 31.9 Å². The molecule has 0 radical (unpaired) electrons. The molecule has 0 saturated carbocycles. The molecule has 1 heterocycles. The lowest BCUT2D eigenvalue weighted by atomic mass is 10.0. The Labute approximate surface area is 49.9 Å². The van der Waals surface area contributed by atoms with Gasteiger partial charge >= 0.3 is 0 Å². The van der Waals surface area contributed by atoms with E-state index >= 15 is 0 Å². The first-order valence-corrected chi connectivity index (χ1v) is 3.20. The van der Waals surface area contributed by atoms with Gasteiger partial charge in [-0.25, -0.2) is 0 Å². The van der Waals surface area contributed by atoms with Crippen LogP contribution in [0.1, 0.15) is 19.8 Å². The van der Waals surface area contributed by atoms with E-state index in [4.69, 9.17) is 5.11 Å². The number of rotatable bonds is 0. The molecule has 0 aromatic heterocycles. The van der Waals surface area contributed by atoms with Gasteiger partial charge in [-0.3, -0.25) is 0 Å². The van der Waals surface area contributed by atoms with Crippen molar-refractivity contribution in [2.75, 3.05) is 6.54 Å². The first-order chi connectivity index (χ1) is 3.79. The van der Waals surface area contributed by atoms with Crippen LogP contribution in [0.3, 0.4) is 0 Å². The molecule has 0 amide bonds. The van der Waals surface area contributed by atoms with Crippen LogP contribution in [0.15, 0.2) is 0 Å². The van der Waals surface area contributed by atoms with E-state index in [0.717, 1.165) is 19.4 Å². The monoisotopic (exact) mass is 115 g/mol. The van der Waals surface area contributed by atoms with E-state index in [1.54, 1.807) is 0 Å². The summed E-state index contributed by atoms with van der Waals surface area (Å²) < 4.78 is 0. The molecule has 1 aliphatic heterocycles. The highest BCUT2D eigenvalue weighted by Crippen LogP contribution is 2.06. The fourth-order valence-electron chi connectivity index (χ4n) is 1.11. The summed E-state index contributed by atoms with van der Waals surface area (Å²) in [7, 11) is 0. The van der Waals surface area contributed by atoms with Gasteiger partial charge in [0, 0.05) is 6.04 Å². The zero-order valence-corrected chi connectivity index (χ0v) is 5.22. The Hall–Kier alpha value is -0.0800. The summed E-state index contributed by atoms with van der Waals surface area (Å²) in [6, 6.07) is 0.513. The number of piperidine rings is 1. The largest absolute Gasteiger partial charge is 0.393 e. The van der Waals surface area contributed by atoms with Crippen LogP contribution in [-0.4, -0.2) is 23.8 Å². The van der Waals surface area contributed by atoms with Gasteiger partial charge in [-0.15, -0.1) is 0 Å². The lowest BCUT2D eigenvalue weighted by Crippen LogP contribution is -2.37. The van der Waals surface area contributed by atoms with Gasteiger partial charge in [-0.2, -0.15) is 0 Å². The summed E-state index contributed by atoms with van der Waals surface area (Å²) in [5.41, 5.74) is 0. The highest BCUT2D eigenvalue weighted by molar-refractivity contribution is 4.73. The van der Waals surface area contributed by atoms with Gasteiger partial charge in [0.2, 0.25) is 0 Å². The molecule has 0 bridgehead atoms. The number of aliphatic hydroxyl groups is 1. The highest BCUT2D eigenvalue weighted by atomic mass is 16.3. The Balaban J connectivity index is 2.23. The van der Waals surface area contributed by atoms with Gasteiger partial charge in [0.1, 0.15) is 0 Å². The Morgan fingerprint density at radius 1 is 1.62 bits per heavy atom. The lowest BCUT2D eigenvalue weighted by Gasteiger charge is -2.23. The summed E-state index contributed by atoms with van der Waals surface area (Å²) in [4.78, 5) is 0. The average molecular weight is 115 g/mol. The van der Waals surface area contributed by atoms with Gasteiger partial charge < -0.3 is 10.4 Å². The van der Waals surface area contributed by atoms with Crippen LogP contribution in [0.2, 0.25) is 0 Å². The second kappa shape index (κ2) is 2.46. The molecular weight excluding hydrogens is 102 g/mol. The highest BCUT2D eigenvalue weighted by Gasteiger charge is 2.14. The predicted molar refractivity (Wildman–Crippen MR) is 32.7 cm³/mol. The number of nitrogens with one attached hydrogen (secondary N) is 1. The van der Waals surface area contributed by atoms with E-state index in [-0.39, 0.29) is 6.10 Å². The minimum absolute atomic E-state index is 0.0498. The van der Waals surface area contributed by atoms with Gasteiger partial charge in [0.25, 0.3) is 0 Å². The van der Waals surface area contributed by atoms with Crippen molar-refractivity contribution in [1.82, 2.24) is 5.32 Å². The van der Waals surface area contributed by atoms with Crippen molar-refractivity contribution < 1.29 is 5.11 Å². The van der Waals surface area contributed by atoms with E-state index in [1.807, 2.05) is 0 Å². The molecule has 2 atom stereocenters. The Bertz CT molecular complexity index is 66.9. The quantitative estimate of drug-likeness (QED) is 0.470. The Morgan fingerprint density at radius 3 is 2.75 bits per heavy atom. The first kappa shape index (κ1) is 6.05. The van der Waals surface area contributed by atoms with Crippen molar-refractivity contribution in [2.24, 2.45) is 0 Å². The van der Waals surface area contributed by atoms with Crippen LogP contribution in [0.25, 0.3) is 0 Å². The Kier molecular flexibility index (Phi) is 1.86. The van der Waals surface area contributed by atoms with Crippen LogP contribution >= 0.6 is 0 Å². The molecule has 2 nitrogen and oxygen atoms in total. The maximum Gasteiger partial charge on any atom is 0.0567 e. The summed E-state index contributed by atoms with van der Waals surface area (Å²) >= 11 is 0. The molecule has 1 aliphatic rings. The third kappa shape index (κ3) is 1.46. The minimum atomic E-state index is -0.0498. The summed E-state index contributed by atoms with van der Waals surface area (Å²) in [6.07, 6.45) is 1.79. The van der Waals surface area contributed by atoms with Crippen LogP contribution in [0.4, 0.5) is 0 Å². The predicted octanol–water partition coefficient (Wildman–Crippen LogP) is 0.119. The van der Waals surface area contributed by atoms with E-state index in [1.165, 1.54) is 0 Å². The number of hydrogen-bond donors (Lipinski definition) is 2. The van der Waals surface area contributed by atoms with Gasteiger partial charge in [0.05, 0.1) is 6.10 Å². The van der Waals surface area contributed by atoms with Crippen LogP contribution in [-0.2, 0) is 0 Å². The van der Waals surface area contributed by atoms with Crippen molar-refractivity contribution in [3.8, 4) is 0 Å². The third-order valence-corrected chi connectivity index (χ3v) is 1.60. The van der Waals surface area contributed by atoms with Crippen LogP contribution in [0.5, 0.6) is 0 Å². The summed E-state index contributed by atoms with van der Waals surface area (Å²) in [6.45, 7) is 3.07. The topological polar surface area (TPSA) is 32.3 Å². The fourth-order valence-corrected chi connectivity index (χ4v) is 1.11. The Morgan fingerprint density at radius 2 is 2.38 bits per heavy atom. The molecule has 0 spiro atoms. The van der Waals surface area contributed by atoms with Crippen molar-refractivity contribution in [1.29, 1.82) is 0 Å². The molecule has 8 heavy (non-hydrogen) atoms. The molecule has 48 valence electrons. The van der Waals surface area contributed by atoms with Crippen LogP contribution in [0, 0.1) is 0 Å². The normalized spacial score (nSPS) is 39.8. The molecule has 0 aliphatic carbocycles. The molecule has 1 saturated heterocycles. The van der Waals surface area contributed by atoms with E-state index in [0.29, 0.717) is 6.04 Å². The smallest absolute Gasteiger partial charge is 0.0567 e. The second-order valence-electron chi connectivity index (χ2n) is 2.53. The first-order valence-electron chi connectivity index (χ1n) is 3.20. The number of hydrogen-bond acceptors (Lipinski definition) is 2. The summed E-state index contributed by atoms with van der Waals surface area (Å²) in [5, 5.41) is 12.3. The zero-order valence-electron chi connectivity index (χ0n) is 5.22. The van der Waals surface area contributed by atoms with E-state index < -0.39 is 0 Å². The summed E-state index contributed by atoms with van der Waals surface area (Å²) in [5.74, 6) is 0. The average Bonchev–Trinajstić information content (AvgIpc) is 1.64. The molecule has 0 aromatic rings. The lowest BCUT2D eigenvalue weighted by molar-refractivity contribution is 0.120. The van der Waals surface area contributed by atoms with Crippen molar-refractivity contribution in [3.63, 3.8) is 0 Å². The molecule has 1 rings (SSSR count). The van der Waals surface area contributed by atoms with E-state index in [2.05, 4.69) is 12.2 Å². The van der Waals surface area contributed by atoms with Crippen molar-refractivity contribution >= 4 is 0 Å². The molecular formula is C6H13NO. The molecule has 1 fully saturated rings. The SMILES string of the molecule is C[C@@H]1C[C@@H](O)CCN1. The molecule has 0 aromatic carbocycles. The fraction of sp³-hybridized carbons (Fsp3) is 1.00.